The van der Waals surface area contributed by atoms with Crippen molar-refractivity contribution in [3.05, 3.63) is 40.0 Å². The minimum absolute atomic E-state index is 0.0426. The molecule has 0 N–H and O–H groups in total. The van der Waals surface area contributed by atoms with E-state index in [-0.39, 0.29) is 58.2 Å². The first-order chi connectivity index (χ1) is 13.5. The van der Waals surface area contributed by atoms with Crippen LogP contribution in [0.1, 0.15) is 18.4 Å². The molecule has 4 atom stereocenters. The Labute approximate surface area is 160 Å². The van der Waals surface area contributed by atoms with Gasteiger partial charge in [-0.3, -0.25) is 19.7 Å². The van der Waals surface area contributed by atoms with Crippen LogP contribution in [0.4, 0.5) is 5.69 Å². The number of rotatable bonds is 5. The summed E-state index contributed by atoms with van der Waals surface area (Å²) in [5.41, 5.74) is 0.00584. The molecule has 146 valence electrons. The zero-order chi connectivity index (χ0) is 20.0. The number of fused-ring (bicyclic) bond motifs is 1. The van der Waals surface area contributed by atoms with E-state index in [9.17, 15) is 19.7 Å². The molecule has 1 aromatic rings. The van der Waals surface area contributed by atoms with Crippen LogP contribution in [0, 0.1) is 33.8 Å². The number of carbonyl (C=O) groups excluding carboxylic acids is 2. The van der Waals surface area contributed by atoms with Crippen LogP contribution < -0.4 is 9.47 Å². The summed E-state index contributed by atoms with van der Waals surface area (Å²) in [6, 6.07) is 2.61. The number of hydrogen-bond donors (Lipinski definition) is 0. The lowest BCUT2D eigenvalue weighted by molar-refractivity contribution is -0.385. The van der Waals surface area contributed by atoms with Gasteiger partial charge in [-0.2, -0.15) is 10.1 Å². The van der Waals surface area contributed by atoms with Gasteiger partial charge in [0.05, 0.1) is 37.2 Å². The molecule has 0 radical (unpaired) electrons. The van der Waals surface area contributed by atoms with Crippen molar-refractivity contribution >= 4 is 23.7 Å². The predicted molar refractivity (Wildman–Crippen MR) is 98.0 cm³/mol. The second kappa shape index (κ2) is 6.74. The maximum Gasteiger partial charge on any atom is 0.311 e. The summed E-state index contributed by atoms with van der Waals surface area (Å²) in [5.74, 6) is -0.877. The number of amides is 2. The summed E-state index contributed by atoms with van der Waals surface area (Å²) in [5, 5.41) is 16.2. The summed E-state index contributed by atoms with van der Waals surface area (Å²) < 4.78 is 10.3. The molecule has 9 nitrogen and oxygen atoms in total. The Morgan fingerprint density at radius 1 is 1.07 bits per heavy atom. The molecule has 1 saturated carbocycles. The van der Waals surface area contributed by atoms with Crippen molar-refractivity contribution in [2.45, 2.75) is 12.8 Å². The number of ether oxygens (including phenoxy) is 2. The number of hydrazone groups is 1. The number of nitrogens with zero attached hydrogens (tertiary/aromatic N) is 3. The Morgan fingerprint density at radius 3 is 2.11 bits per heavy atom. The lowest BCUT2D eigenvalue weighted by Gasteiger charge is -2.37. The van der Waals surface area contributed by atoms with Gasteiger partial charge in [0, 0.05) is 17.7 Å². The second-order valence-electron chi connectivity index (χ2n) is 7.10. The van der Waals surface area contributed by atoms with Crippen molar-refractivity contribution in [3.63, 3.8) is 0 Å². The van der Waals surface area contributed by atoms with Gasteiger partial charge in [0.25, 0.3) is 11.8 Å². The van der Waals surface area contributed by atoms with E-state index < -0.39 is 4.92 Å². The van der Waals surface area contributed by atoms with Crippen LogP contribution in [0.2, 0.25) is 0 Å². The third-order valence-corrected chi connectivity index (χ3v) is 5.78. The van der Waals surface area contributed by atoms with E-state index in [2.05, 4.69) is 5.10 Å². The molecule has 1 aliphatic heterocycles. The molecule has 2 amide bonds. The summed E-state index contributed by atoms with van der Waals surface area (Å²) in [4.78, 5) is 36.3. The fraction of sp³-hybridized carbons (Fsp3) is 0.421. The Balaban J connectivity index is 1.66. The molecule has 5 rings (SSSR count). The van der Waals surface area contributed by atoms with Crippen molar-refractivity contribution < 1.29 is 24.0 Å². The van der Waals surface area contributed by atoms with Gasteiger partial charge in [-0.05, 0) is 24.7 Å². The van der Waals surface area contributed by atoms with Crippen LogP contribution in [0.15, 0.2) is 29.4 Å². The van der Waals surface area contributed by atoms with Crippen LogP contribution >= 0.6 is 0 Å². The minimum atomic E-state index is -0.584. The van der Waals surface area contributed by atoms with E-state index in [1.807, 2.05) is 12.2 Å². The molecular weight excluding hydrogens is 366 g/mol. The zero-order valence-corrected chi connectivity index (χ0v) is 15.4. The largest absolute Gasteiger partial charge is 0.496 e. The standard InChI is InChI=1S/C19H19N3O6/c1-27-14-8-15(28-2)13(22(25)26)7-12(14)9-20-21-18(23)16-10-3-4-11(6-5-10)17(16)19(21)24/h3-4,7-11,16-17H,5-6H2,1-2H3/b20-9-/t10-,11-,16-,17-/m0/s1. The molecule has 0 aromatic heterocycles. The smallest absolute Gasteiger partial charge is 0.311 e. The van der Waals surface area contributed by atoms with Gasteiger partial charge in [-0.1, -0.05) is 12.2 Å². The Morgan fingerprint density at radius 2 is 1.64 bits per heavy atom. The van der Waals surface area contributed by atoms with Gasteiger partial charge in [0.2, 0.25) is 5.75 Å². The molecule has 9 heteroatoms. The molecular formula is C19H19N3O6. The fourth-order valence-electron chi connectivity index (χ4n) is 4.44. The third-order valence-electron chi connectivity index (χ3n) is 5.78. The van der Waals surface area contributed by atoms with Crippen molar-refractivity contribution in [2.75, 3.05) is 14.2 Å². The number of nitro groups is 1. The number of imide groups is 1. The third kappa shape index (κ3) is 2.65. The Kier molecular flexibility index (Phi) is 4.37. The van der Waals surface area contributed by atoms with E-state index in [0.717, 1.165) is 17.9 Å². The highest BCUT2D eigenvalue weighted by atomic mass is 16.6. The molecule has 0 spiro atoms. The van der Waals surface area contributed by atoms with Crippen LogP contribution in [0.5, 0.6) is 11.5 Å². The molecule has 3 aliphatic carbocycles. The van der Waals surface area contributed by atoms with Crippen LogP contribution in [-0.4, -0.2) is 42.2 Å². The number of hydrogen-bond acceptors (Lipinski definition) is 7. The zero-order valence-electron chi connectivity index (χ0n) is 15.4. The quantitative estimate of drug-likeness (QED) is 0.252. The lowest BCUT2D eigenvalue weighted by Crippen LogP contribution is -2.38. The molecule has 1 saturated heterocycles. The number of nitro benzene ring substituents is 1. The highest BCUT2D eigenvalue weighted by Crippen LogP contribution is 2.49. The van der Waals surface area contributed by atoms with E-state index in [0.29, 0.717) is 0 Å². The average Bonchev–Trinajstić information content (AvgIpc) is 2.98. The SMILES string of the molecule is COc1cc(OC)c([N+](=O)[O-])cc1/C=N\N1C(=O)[C@@H]2[C@@H](C1=O)[C@H]1C=C[C@H]2CC1. The lowest BCUT2D eigenvalue weighted by atomic mass is 9.63. The van der Waals surface area contributed by atoms with Crippen molar-refractivity contribution in [2.24, 2.45) is 28.8 Å². The van der Waals surface area contributed by atoms with Gasteiger partial charge < -0.3 is 9.47 Å². The number of allylic oxidation sites excluding steroid dienone is 2. The van der Waals surface area contributed by atoms with Crippen molar-refractivity contribution in [1.29, 1.82) is 0 Å². The van der Waals surface area contributed by atoms with E-state index in [1.54, 1.807) is 0 Å². The number of benzene rings is 1. The Hall–Kier alpha value is -3.23. The minimum Gasteiger partial charge on any atom is -0.496 e. The summed E-state index contributed by atoms with van der Waals surface area (Å²) in [6.45, 7) is 0. The van der Waals surface area contributed by atoms with Gasteiger partial charge in [-0.15, -0.1) is 0 Å². The number of carbonyl (C=O) groups is 2. The molecule has 2 bridgehead atoms. The summed E-state index contributed by atoms with van der Waals surface area (Å²) in [7, 11) is 2.73. The highest BCUT2D eigenvalue weighted by molar-refractivity contribution is 6.06. The molecule has 2 fully saturated rings. The van der Waals surface area contributed by atoms with Crippen LogP contribution in [0.3, 0.4) is 0 Å². The van der Waals surface area contributed by atoms with E-state index in [4.69, 9.17) is 9.47 Å². The van der Waals surface area contributed by atoms with E-state index in [1.165, 1.54) is 32.6 Å². The van der Waals surface area contributed by atoms with Crippen LogP contribution in [-0.2, 0) is 9.59 Å². The molecule has 0 unspecified atom stereocenters. The van der Waals surface area contributed by atoms with E-state index >= 15 is 0 Å². The first-order valence-electron chi connectivity index (χ1n) is 8.96. The molecule has 1 aromatic carbocycles. The summed E-state index contributed by atoms with van der Waals surface area (Å²) >= 11 is 0. The molecule has 4 aliphatic rings. The molecule has 1 heterocycles. The maximum absolute atomic E-state index is 12.8. The first kappa shape index (κ1) is 18.1. The monoisotopic (exact) mass is 385 g/mol. The van der Waals surface area contributed by atoms with Crippen molar-refractivity contribution in [1.82, 2.24) is 5.01 Å². The first-order valence-corrected chi connectivity index (χ1v) is 8.96. The van der Waals surface area contributed by atoms with Gasteiger partial charge in [-0.25, -0.2) is 0 Å². The number of methoxy groups -OCH3 is 2. The maximum atomic E-state index is 12.8. The van der Waals surface area contributed by atoms with Crippen molar-refractivity contribution in [3.8, 4) is 11.5 Å². The van der Waals surface area contributed by atoms with Crippen LogP contribution in [0.25, 0.3) is 0 Å². The predicted octanol–water partition coefficient (Wildman–Crippen LogP) is 2.14. The van der Waals surface area contributed by atoms with Gasteiger partial charge in [0.15, 0.2) is 0 Å². The van der Waals surface area contributed by atoms with Gasteiger partial charge in [0.1, 0.15) is 5.75 Å². The normalized spacial score (nSPS) is 28.1. The Bertz CT molecular complexity index is 892. The fourth-order valence-corrected chi connectivity index (χ4v) is 4.44. The molecule has 28 heavy (non-hydrogen) atoms. The summed E-state index contributed by atoms with van der Waals surface area (Å²) in [6.07, 6.45) is 7.11. The van der Waals surface area contributed by atoms with Gasteiger partial charge >= 0.3 is 5.69 Å². The highest BCUT2D eigenvalue weighted by Gasteiger charge is 2.56. The average molecular weight is 385 g/mol. The topological polar surface area (TPSA) is 111 Å². The second-order valence-corrected chi connectivity index (χ2v) is 7.10.